The van der Waals surface area contributed by atoms with Crippen molar-refractivity contribution in [1.82, 2.24) is 9.55 Å². The number of aromatic nitrogens is 2. The minimum Gasteiger partial charge on any atom is -0.315 e. The molecule has 3 heterocycles. The number of amides is 1. The van der Waals surface area contributed by atoms with Crippen molar-refractivity contribution in [3.8, 4) is 11.1 Å². The molecule has 27 heavy (non-hydrogen) atoms. The third-order valence-electron chi connectivity index (χ3n) is 5.05. The van der Waals surface area contributed by atoms with Gasteiger partial charge in [-0.05, 0) is 42.2 Å². The quantitative estimate of drug-likeness (QED) is 0.722. The molecule has 3 aromatic rings. The lowest BCUT2D eigenvalue weighted by Gasteiger charge is -2.28. The van der Waals surface area contributed by atoms with Gasteiger partial charge in [-0.2, -0.15) is 0 Å². The number of pyridine rings is 2. The Morgan fingerprint density at radius 1 is 1.07 bits per heavy atom. The topological polar surface area (TPSA) is 55.2 Å². The van der Waals surface area contributed by atoms with Gasteiger partial charge in [0.15, 0.2) is 0 Å². The maximum Gasteiger partial charge on any atom is 0.251 e. The molecule has 1 aromatic carbocycles. The third-order valence-corrected chi connectivity index (χ3v) is 5.05. The van der Waals surface area contributed by atoms with Gasteiger partial charge in [0.25, 0.3) is 5.56 Å². The van der Waals surface area contributed by atoms with E-state index in [1.165, 1.54) is 5.56 Å². The summed E-state index contributed by atoms with van der Waals surface area (Å²) >= 11 is 0. The molecule has 1 amide bonds. The fraction of sp³-hybridized carbons (Fsp3) is 0.227. The Hall–Kier alpha value is -3.21. The number of para-hydroxylation sites is 1. The van der Waals surface area contributed by atoms with Crippen molar-refractivity contribution in [1.29, 1.82) is 0 Å². The molecule has 0 fully saturated rings. The fourth-order valence-corrected chi connectivity index (χ4v) is 3.61. The van der Waals surface area contributed by atoms with E-state index < -0.39 is 0 Å². The summed E-state index contributed by atoms with van der Waals surface area (Å²) in [5.41, 5.74) is 5.95. The number of anilines is 1. The van der Waals surface area contributed by atoms with Crippen LogP contribution in [0.2, 0.25) is 0 Å². The first-order valence-corrected chi connectivity index (χ1v) is 9.03. The van der Waals surface area contributed by atoms with E-state index in [4.69, 9.17) is 0 Å². The third kappa shape index (κ3) is 3.28. The number of nitrogens with zero attached hydrogens (tertiary/aromatic N) is 3. The number of hydrogen-bond donors (Lipinski definition) is 0. The first kappa shape index (κ1) is 17.2. The molecule has 0 bridgehead atoms. The second-order valence-electron chi connectivity index (χ2n) is 7.02. The van der Waals surface area contributed by atoms with Crippen LogP contribution in [0.1, 0.15) is 23.1 Å². The SMILES string of the molecule is Cc1ccn(Cc2cncc(-c3cccc4c3N(C)C(=O)CC4)c2)c(=O)c1. The lowest BCUT2D eigenvalue weighted by atomic mass is 9.94. The van der Waals surface area contributed by atoms with Crippen LogP contribution in [0.25, 0.3) is 11.1 Å². The van der Waals surface area contributed by atoms with Crippen LogP contribution in [-0.2, 0) is 17.8 Å². The van der Waals surface area contributed by atoms with Gasteiger partial charge in [0.1, 0.15) is 0 Å². The van der Waals surface area contributed by atoms with Crippen LogP contribution in [0, 0.1) is 6.92 Å². The highest BCUT2D eigenvalue weighted by Gasteiger charge is 2.24. The van der Waals surface area contributed by atoms with Gasteiger partial charge >= 0.3 is 0 Å². The second-order valence-corrected chi connectivity index (χ2v) is 7.02. The van der Waals surface area contributed by atoms with E-state index in [1.54, 1.807) is 27.9 Å². The molecular weight excluding hydrogens is 338 g/mol. The standard InChI is InChI=1S/C22H21N3O2/c1-15-8-9-25(21(27)10-15)14-16-11-18(13-23-12-16)19-5-3-4-17-6-7-20(26)24(2)22(17)19/h3-5,8-13H,6-7,14H2,1-2H3. The number of carbonyl (C=O) groups excluding carboxylic acids is 1. The summed E-state index contributed by atoms with van der Waals surface area (Å²) in [4.78, 5) is 30.5. The Morgan fingerprint density at radius 2 is 1.93 bits per heavy atom. The Kier molecular flexibility index (Phi) is 4.36. The molecule has 1 aliphatic heterocycles. The number of rotatable bonds is 3. The number of aryl methyl sites for hydroxylation is 2. The highest BCUT2D eigenvalue weighted by Crippen LogP contribution is 2.37. The van der Waals surface area contributed by atoms with E-state index in [-0.39, 0.29) is 11.5 Å². The molecule has 1 aliphatic rings. The smallest absolute Gasteiger partial charge is 0.251 e. The van der Waals surface area contributed by atoms with Crippen molar-refractivity contribution < 1.29 is 4.79 Å². The summed E-state index contributed by atoms with van der Waals surface area (Å²) in [6.45, 7) is 2.37. The van der Waals surface area contributed by atoms with Crippen LogP contribution in [0.3, 0.4) is 0 Å². The zero-order valence-electron chi connectivity index (χ0n) is 15.5. The zero-order chi connectivity index (χ0) is 19.0. The van der Waals surface area contributed by atoms with Gasteiger partial charge < -0.3 is 9.47 Å². The molecule has 0 unspecified atom stereocenters. The first-order valence-electron chi connectivity index (χ1n) is 9.03. The highest BCUT2D eigenvalue weighted by atomic mass is 16.2. The predicted octanol–water partition coefficient (Wildman–Crippen LogP) is 3.18. The van der Waals surface area contributed by atoms with Gasteiger partial charge in [0.05, 0.1) is 12.2 Å². The van der Waals surface area contributed by atoms with Crippen molar-refractivity contribution in [2.45, 2.75) is 26.3 Å². The average molecular weight is 359 g/mol. The van der Waals surface area contributed by atoms with Crippen LogP contribution < -0.4 is 10.5 Å². The maximum absolute atomic E-state index is 12.2. The number of hydrogen-bond acceptors (Lipinski definition) is 3. The monoisotopic (exact) mass is 359 g/mol. The summed E-state index contributed by atoms with van der Waals surface area (Å²) in [6.07, 6.45) is 6.70. The van der Waals surface area contributed by atoms with E-state index in [0.717, 1.165) is 34.4 Å². The second kappa shape index (κ2) is 6.83. The average Bonchev–Trinajstić information content (AvgIpc) is 2.67. The zero-order valence-corrected chi connectivity index (χ0v) is 15.5. The molecule has 136 valence electrons. The molecule has 0 spiro atoms. The van der Waals surface area contributed by atoms with Crippen molar-refractivity contribution in [2.75, 3.05) is 11.9 Å². The predicted molar refractivity (Wildman–Crippen MR) is 106 cm³/mol. The Labute approximate surface area is 157 Å². The molecular formula is C22H21N3O2. The summed E-state index contributed by atoms with van der Waals surface area (Å²) in [5.74, 6) is 0.130. The van der Waals surface area contributed by atoms with Gasteiger partial charge in [-0.3, -0.25) is 14.6 Å². The number of carbonyl (C=O) groups is 1. The first-order chi connectivity index (χ1) is 13.0. The molecule has 0 radical (unpaired) electrons. The normalized spacial score (nSPS) is 13.6. The summed E-state index contributed by atoms with van der Waals surface area (Å²) in [5, 5.41) is 0. The number of fused-ring (bicyclic) bond motifs is 1. The van der Waals surface area contributed by atoms with Crippen molar-refractivity contribution >= 4 is 11.6 Å². The van der Waals surface area contributed by atoms with E-state index >= 15 is 0 Å². The molecule has 0 aliphatic carbocycles. The molecule has 0 saturated carbocycles. The Morgan fingerprint density at radius 3 is 2.74 bits per heavy atom. The van der Waals surface area contributed by atoms with E-state index in [1.807, 2.05) is 44.4 Å². The van der Waals surface area contributed by atoms with Crippen molar-refractivity contribution in [2.24, 2.45) is 0 Å². The van der Waals surface area contributed by atoms with E-state index in [0.29, 0.717) is 13.0 Å². The molecule has 0 saturated heterocycles. The van der Waals surface area contributed by atoms with Gasteiger partial charge in [-0.15, -0.1) is 0 Å². The summed E-state index contributed by atoms with van der Waals surface area (Å²) in [6, 6.07) is 11.7. The van der Waals surface area contributed by atoms with E-state index in [9.17, 15) is 9.59 Å². The molecule has 2 aromatic heterocycles. The van der Waals surface area contributed by atoms with Crippen molar-refractivity contribution in [3.63, 3.8) is 0 Å². The van der Waals surface area contributed by atoms with Crippen LogP contribution in [0.4, 0.5) is 5.69 Å². The molecule has 5 nitrogen and oxygen atoms in total. The fourth-order valence-electron chi connectivity index (χ4n) is 3.61. The Bertz CT molecular complexity index is 1080. The molecule has 0 atom stereocenters. The van der Waals surface area contributed by atoms with Crippen LogP contribution in [0.15, 0.2) is 59.8 Å². The largest absolute Gasteiger partial charge is 0.315 e. The summed E-state index contributed by atoms with van der Waals surface area (Å²) < 4.78 is 1.67. The summed E-state index contributed by atoms with van der Waals surface area (Å²) in [7, 11) is 1.83. The molecule has 5 heteroatoms. The minimum atomic E-state index is -0.0252. The van der Waals surface area contributed by atoms with Crippen molar-refractivity contribution in [3.05, 3.63) is 82.0 Å². The Balaban J connectivity index is 1.74. The minimum absolute atomic E-state index is 0.0252. The van der Waals surface area contributed by atoms with Gasteiger partial charge in [0, 0.05) is 49.3 Å². The van der Waals surface area contributed by atoms with Gasteiger partial charge in [0.2, 0.25) is 5.91 Å². The molecule has 0 N–H and O–H groups in total. The van der Waals surface area contributed by atoms with Gasteiger partial charge in [-0.25, -0.2) is 0 Å². The maximum atomic E-state index is 12.2. The van der Waals surface area contributed by atoms with E-state index in [2.05, 4.69) is 11.1 Å². The van der Waals surface area contributed by atoms with Gasteiger partial charge in [-0.1, -0.05) is 18.2 Å². The number of benzene rings is 1. The van der Waals surface area contributed by atoms with Crippen LogP contribution >= 0.6 is 0 Å². The lowest BCUT2D eigenvalue weighted by molar-refractivity contribution is -0.118. The molecule has 4 rings (SSSR count). The lowest BCUT2D eigenvalue weighted by Crippen LogP contribution is -2.31. The van der Waals surface area contributed by atoms with Crippen LogP contribution in [0.5, 0.6) is 0 Å². The highest BCUT2D eigenvalue weighted by molar-refractivity contribution is 6.00. The van der Waals surface area contributed by atoms with Crippen LogP contribution in [-0.4, -0.2) is 22.5 Å².